The summed E-state index contributed by atoms with van der Waals surface area (Å²) in [6.45, 7) is 2.32. The molecular weight excluding hydrogens is 333 g/mol. The average Bonchev–Trinajstić information content (AvgIpc) is 2.45. The fourth-order valence-corrected chi connectivity index (χ4v) is 1.91. The Morgan fingerprint density at radius 2 is 1.91 bits per heavy atom. The standard InChI is InChI=1S/C15H14ClF3N2O2/c1-9(2)23-13-5-10(16)3-4-11(13)12-6-21-14(7-20-12)22-8-15(17,18)19/h3-7,9H,8H2,1-2H3. The monoisotopic (exact) mass is 346 g/mol. The van der Waals surface area contributed by atoms with Crippen LogP contribution in [0.4, 0.5) is 13.2 Å². The largest absolute Gasteiger partial charge is 0.490 e. The second kappa shape index (κ2) is 7.04. The molecule has 0 aliphatic rings. The summed E-state index contributed by atoms with van der Waals surface area (Å²) in [6, 6.07) is 5.02. The lowest BCUT2D eigenvalue weighted by molar-refractivity contribution is -0.154. The molecule has 0 amide bonds. The lowest BCUT2D eigenvalue weighted by atomic mass is 10.1. The molecule has 0 aliphatic carbocycles. The van der Waals surface area contributed by atoms with Crippen LogP contribution in [0, 0.1) is 0 Å². The van der Waals surface area contributed by atoms with Crippen molar-refractivity contribution in [2.75, 3.05) is 6.61 Å². The number of benzene rings is 1. The minimum atomic E-state index is -4.42. The quantitative estimate of drug-likeness (QED) is 0.798. The second-order valence-corrected chi connectivity index (χ2v) is 5.39. The summed E-state index contributed by atoms with van der Waals surface area (Å²) in [7, 11) is 0. The predicted molar refractivity (Wildman–Crippen MR) is 79.8 cm³/mol. The first-order valence-corrected chi connectivity index (χ1v) is 7.10. The van der Waals surface area contributed by atoms with Crippen LogP contribution in [0.2, 0.25) is 5.02 Å². The summed E-state index contributed by atoms with van der Waals surface area (Å²) in [5.74, 6) is 0.317. The van der Waals surface area contributed by atoms with Gasteiger partial charge in [-0.3, -0.25) is 0 Å². The molecule has 1 aromatic heterocycles. The van der Waals surface area contributed by atoms with Gasteiger partial charge in [-0.05, 0) is 32.0 Å². The number of aromatic nitrogens is 2. The summed E-state index contributed by atoms with van der Waals surface area (Å²) in [5.41, 5.74) is 1.08. The van der Waals surface area contributed by atoms with E-state index in [1.807, 2.05) is 13.8 Å². The van der Waals surface area contributed by atoms with E-state index in [0.29, 0.717) is 22.0 Å². The first-order valence-electron chi connectivity index (χ1n) is 6.73. The zero-order chi connectivity index (χ0) is 17.0. The van der Waals surface area contributed by atoms with Gasteiger partial charge in [0.2, 0.25) is 5.88 Å². The van der Waals surface area contributed by atoms with Crippen LogP contribution in [0.1, 0.15) is 13.8 Å². The SMILES string of the molecule is CC(C)Oc1cc(Cl)ccc1-c1cnc(OCC(F)(F)F)cn1. The molecule has 0 atom stereocenters. The van der Waals surface area contributed by atoms with Crippen molar-refractivity contribution >= 4 is 11.6 Å². The number of nitrogens with zero attached hydrogens (tertiary/aromatic N) is 2. The van der Waals surface area contributed by atoms with Gasteiger partial charge in [0.05, 0.1) is 24.2 Å². The third-order valence-corrected chi connectivity index (χ3v) is 2.83. The van der Waals surface area contributed by atoms with E-state index < -0.39 is 12.8 Å². The van der Waals surface area contributed by atoms with Crippen LogP contribution in [0.25, 0.3) is 11.3 Å². The van der Waals surface area contributed by atoms with Crippen molar-refractivity contribution in [2.45, 2.75) is 26.1 Å². The normalized spacial score (nSPS) is 11.6. The molecule has 2 rings (SSSR count). The molecule has 4 nitrogen and oxygen atoms in total. The van der Waals surface area contributed by atoms with Gasteiger partial charge in [-0.1, -0.05) is 11.6 Å². The number of hydrogen-bond acceptors (Lipinski definition) is 4. The van der Waals surface area contributed by atoms with E-state index in [1.54, 1.807) is 18.2 Å². The van der Waals surface area contributed by atoms with Crippen molar-refractivity contribution in [3.8, 4) is 22.9 Å². The van der Waals surface area contributed by atoms with E-state index >= 15 is 0 Å². The van der Waals surface area contributed by atoms with Crippen molar-refractivity contribution in [1.82, 2.24) is 9.97 Å². The van der Waals surface area contributed by atoms with Gasteiger partial charge in [0.25, 0.3) is 0 Å². The Hall–Kier alpha value is -2.02. The molecule has 0 fully saturated rings. The molecule has 1 heterocycles. The van der Waals surface area contributed by atoms with Crippen molar-refractivity contribution < 1.29 is 22.6 Å². The molecule has 124 valence electrons. The number of rotatable bonds is 5. The molecule has 0 spiro atoms. The maximum absolute atomic E-state index is 12.1. The highest BCUT2D eigenvalue weighted by Gasteiger charge is 2.28. The molecular formula is C15H14ClF3N2O2. The fraction of sp³-hybridized carbons (Fsp3) is 0.333. The molecule has 23 heavy (non-hydrogen) atoms. The van der Waals surface area contributed by atoms with E-state index in [1.165, 1.54) is 6.20 Å². The predicted octanol–water partition coefficient (Wildman–Crippen LogP) is 4.53. The number of ether oxygens (including phenoxy) is 2. The van der Waals surface area contributed by atoms with Crippen LogP contribution in [0.15, 0.2) is 30.6 Å². The molecule has 0 aliphatic heterocycles. The molecule has 0 unspecified atom stereocenters. The lowest BCUT2D eigenvalue weighted by Crippen LogP contribution is -2.19. The van der Waals surface area contributed by atoms with Gasteiger partial charge >= 0.3 is 6.18 Å². The number of hydrogen-bond donors (Lipinski definition) is 0. The highest BCUT2D eigenvalue weighted by Crippen LogP contribution is 2.32. The highest BCUT2D eigenvalue weighted by atomic mass is 35.5. The molecule has 0 saturated heterocycles. The van der Waals surface area contributed by atoms with Crippen molar-refractivity contribution in [3.63, 3.8) is 0 Å². The van der Waals surface area contributed by atoms with Crippen LogP contribution < -0.4 is 9.47 Å². The van der Waals surface area contributed by atoms with Gasteiger partial charge in [-0.2, -0.15) is 13.2 Å². The first kappa shape index (κ1) is 17.3. The Kier molecular flexibility index (Phi) is 5.30. The summed E-state index contributed by atoms with van der Waals surface area (Å²) in [4.78, 5) is 7.90. The summed E-state index contributed by atoms with van der Waals surface area (Å²) in [5, 5.41) is 0.502. The number of halogens is 4. The third-order valence-electron chi connectivity index (χ3n) is 2.59. The Bertz CT molecular complexity index is 661. The van der Waals surface area contributed by atoms with Gasteiger partial charge < -0.3 is 9.47 Å². The Balaban J connectivity index is 2.22. The van der Waals surface area contributed by atoms with Gasteiger partial charge in [-0.15, -0.1) is 0 Å². The summed E-state index contributed by atoms with van der Waals surface area (Å²) >= 11 is 5.95. The van der Waals surface area contributed by atoms with Crippen LogP contribution >= 0.6 is 11.6 Å². The molecule has 0 N–H and O–H groups in total. The summed E-state index contributed by atoms with van der Waals surface area (Å²) < 4.78 is 46.5. The van der Waals surface area contributed by atoms with Gasteiger partial charge in [0.1, 0.15) is 5.75 Å². The Morgan fingerprint density at radius 1 is 1.17 bits per heavy atom. The average molecular weight is 347 g/mol. The lowest BCUT2D eigenvalue weighted by Gasteiger charge is -2.14. The molecule has 1 aromatic carbocycles. The molecule has 0 saturated carbocycles. The van der Waals surface area contributed by atoms with E-state index in [2.05, 4.69) is 14.7 Å². The van der Waals surface area contributed by atoms with Crippen molar-refractivity contribution in [3.05, 3.63) is 35.6 Å². The van der Waals surface area contributed by atoms with E-state index in [4.69, 9.17) is 16.3 Å². The van der Waals surface area contributed by atoms with Crippen molar-refractivity contribution in [2.24, 2.45) is 0 Å². The maximum Gasteiger partial charge on any atom is 0.422 e. The van der Waals surface area contributed by atoms with Crippen LogP contribution in [0.5, 0.6) is 11.6 Å². The zero-order valence-corrected chi connectivity index (χ0v) is 13.1. The van der Waals surface area contributed by atoms with E-state index in [9.17, 15) is 13.2 Å². The maximum atomic E-state index is 12.1. The van der Waals surface area contributed by atoms with Crippen LogP contribution in [-0.2, 0) is 0 Å². The van der Waals surface area contributed by atoms with Crippen LogP contribution in [-0.4, -0.2) is 28.9 Å². The van der Waals surface area contributed by atoms with Crippen molar-refractivity contribution in [1.29, 1.82) is 0 Å². The molecule has 2 aromatic rings. The first-order chi connectivity index (χ1) is 10.7. The van der Waals surface area contributed by atoms with Gasteiger partial charge in [-0.25, -0.2) is 9.97 Å². The van der Waals surface area contributed by atoms with Crippen LogP contribution in [0.3, 0.4) is 0 Å². The smallest absolute Gasteiger partial charge is 0.422 e. The Labute approximate surface area is 136 Å². The second-order valence-electron chi connectivity index (χ2n) is 4.95. The minimum absolute atomic E-state index is 0.0745. The summed E-state index contributed by atoms with van der Waals surface area (Å²) in [6.07, 6.45) is -2.04. The highest BCUT2D eigenvalue weighted by molar-refractivity contribution is 6.30. The van der Waals surface area contributed by atoms with Gasteiger partial charge in [0, 0.05) is 10.6 Å². The topological polar surface area (TPSA) is 44.2 Å². The molecule has 0 bridgehead atoms. The molecule has 8 heteroatoms. The third kappa shape index (κ3) is 5.28. The van der Waals surface area contributed by atoms with E-state index in [0.717, 1.165) is 6.20 Å². The number of alkyl halides is 3. The Morgan fingerprint density at radius 3 is 2.48 bits per heavy atom. The minimum Gasteiger partial charge on any atom is -0.490 e. The molecule has 0 radical (unpaired) electrons. The van der Waals surface area contributed by atoms with E-state index in [-0.39, 0.29) is 12.0 Å². The van der Waals surface area contributed by atoms with Gasteiger partial charge in [0.15, 0.2) is 6.61 Å². The zero-order valence-electron chi connectivity index (χ0n) is 12.4. The fourth-order valence-electron chi connectivity index (χ4n) is 1.74.